The van der Waals surface area contributed by atoms with Gasteiger partial charge in [0.25, 0.3) is 5.91 Å². The molecule has 5 heteroatoms. The van der Waals surface area contributed by atoms with Crippen LogP contribution in [0.1, 0.15) is 43.0 Å². The van der Waals surface area contributed by atoms with Crippen molar-refractivity contribution in [2.75, 3.05) is 5.33 Å². The summed E-state index contributed by atoms with van der Waals surface area (Å²) in [5, 5.41) is 3.89. The number of nitrogens with one attached hydrogen (secondary N) is 1. The number of carbonyl (C=O) groups excluding carboxylic acids is 1. The van der Waals surface area contributed by atoms with Gasteiger partial charge < -0.3 is 5.32 Å². The van der Waals surface area contributed by atoms with E-state index in [9.17, 15) is 9.18 Å². The predicted molar refractivity (Wildman–Crippen MR) is 85.7 cm³/mol. The van der Waals surface area contributed by atoms with Gasteiger partial charge in [-0.3, -0.25) is 4.79 Å². The predicted octanol–water partition coefficient (Wildman–Crippen LogP) is 4.66. The number of alkyl halides is 1. The summed E-state index contributed by atoms with van der Waals surface area (Å²) >= 11 is 6.78. The van der Waals surface area contributed by atoms with Crippen LogP contribution in [-0.2, 0) is 0 Å². The van der Waals surface area contributed by atoms with Crippen LogP contribution in [0.2, 0.25) is 0 Å². The quantitative estimate of drug-likeness (QED) is 0.726. The van der Waals surface area contributed by atoms with Crippen molar-refractivity contribution in [1.29, 1.82) is 0 Å². The third kappa shape index (κ3) is 3.61. The normalized spacial score (nSPS) is 26.3. The first-order chi connectivity index (χ1) is 9.46. The van der Waals surface area contributed by atoms with Crippen LogP contribution >= 0.6 is 31.9 Å². The second-order valence-electron chi connectivity index (χ2n) is 5.67. The van der Waals surface area contributed by atoms with Crippen molar-refractivity contribution in [3.05, 3.63) is 34.1 Å². The van der Waals surface area contributed by atoms with Crippen LogP contribution in [0, 0.1) is 11.7 Å². The summed E-state index contributed by atoms with van der Waals surface area (Å²) in [6.45, 7) is 2.25. The molecule has 1 N–H and O–H groups in total. The highest BCUT2D eigenvalue weighted by Crippen LogP contribution is 2.33. The van der Waals surface area contributed by atoms with Gasteiger partial charge in [-0.2, -0.15) is 0 Å². The summed E-state index contributed by atoms with van der Waals surface area (Å²) in [5.41, 5.74) is 0.294. The summed E-state index contributed by atoms with van der Waals surface area (Å²) in [4.78, 5) is 12.4. The van der Waals surface area contributed by atoms with E-state index in [-0.39, 0.29) is 17.3 Å². The van der Waals surface area contributed by atoms with E-state index in [1.807, 2.05) is 0 Å². The molecule has 1 fully saturated rings. The minimum absolute atomic E-state index is 0.147. The molecule has 2 rings (SSSR count). The number of hydrogen-bond acceptors (Lipinski definition) is 1. The maximum atomic E-state index is 13.1. The zero-order chi connectivity index (χ0) is 14.8. The molecule has 110 valence electrons. The van der Waals surface area contributed by atoms with Gasteiger partial charge in [-0.05, 0) is 65.7 Å². The average molecular weight is 407 g/mol. The van der Waals surface area contributed by atoms with Crippen LogP contribution in [0.15, 0.2) is 22.7 Å². The van der Waals surface area contributed by atoms with E-state index in [4.69, 9.17) is 0 Å². The minimum atomic E-state index is -0.352. The average Bonchev–Trinajstić information content (AvgIpc) is 2.41. The number of benzene rings is 1. The summed E-state index contributed by atoms with van der Waals surface area (Å²) in [6.07, 6.45) is 4.20. The van der Waals surface area contributed by atoms with Gasteiger partial charge in [-0.15, -0.1) is 0 Å². The first-order valence-electron chi connectivity index (χ1n) is 6.79. The lowest BCUT2D eigenvalue weighted by Crippen LogP contribution is -2.52. The standard InChI is InChI=1S/C15H18Br2FNO/c1-10-4-6-15(9-16,7-5-10)19-14(20)12-3-2-11(18)8-13(12)17/h2-3,8,10H,4-7,9H2,1H3,(H,19,20). The van der Waals surface area contributed by atoms with E-state index in [2.05, 4.69) is 44.1 Å². The zero-order valence-electron chi connectivity index (χ0n) is 11.4. The first-order valence-corrected chi connectivity index (χ1v) is 8.71. The highest BCUT2D eigenvalue weighted by atomic mass is 79.9. The molecule has 0 spiro atoms. The van der Waals surface area contributed by atoms with Crippen LogP contribution in [-0.4, -0.2) is 16.8 Å². The van der Waals surface area contributed by atoms with Gasteiger partial charge in [0.15, 0.2) is 0 Å². The van der Waals surface area contributed by atoms with Crippen molar-refractivity contribution in [1.82, 2.24) is 5.32 Å². The SMILES string of the molecule is CC1CCC(CBr)(NC(=O)c2ccc(F)cc2Br)CC1. The highest BCUT2D eigenvalue weighted by Gasteiger charge is 2.35. The van der Waals surface area contributed by atoms with Gasteiger partial charge in [-0.25, -0.2) is 4.39 Å². The minimum Gasteiger partial charge on any atom is -0.346 e. The molecule has 1 amide bonds. The van der Waals surface area contributed by atoms with Gasteiger partial charge >= 0.3 is 0 Å². The van der Waals surface area contributed by atoms with Crippen molar-refractivity contribution in [3.8, 4) is 0 Å². The molecular weight excluding hydrogens is 389 g/mol. The molecule has 1 aliphatic carbocycles. The topological polar surface area (TPSA) is 29.1 Å². The molecule has 0 atom stereocenters. The van der Waals surface area contributed by atoms with E-state index >= 15 is 0 Å². The molecule has 0 heterocycles. The Labute approximate surface area is 135 Å². The zero-order valence-corrected chi connectivity index (χ0v) is 14.6. The lowest BCUT2D eigenvalue weighted by atomic mass is 9.78. The third-order valence-electron chi connectivity index (χ3n) is 4.04. The van der Waals surface area contributed by atoms with Crippen LogP contribution in [0.5, 0.6) is 0 Å². The van der Waals surface area contributed by atoms with E-state index in [1.165, 1.54) is 18.2 Å². The number of amides is 1. The number of rotatable bonds is 3. The molecule has 1 saturated carbocycles. The Bertz CT molecular complexity index is 499. The molecule has 1 aliphatic rings. The van der Waals surface area contributed by atoms with Crippen molar-refractivity contribution in [2.45, 2.75) is 38.1 Å². The van der Waals surface area contributed by atoms with Crippen LogP contribution < -0.4 is 5.32 Å². The number of halogens is 3. The fraction of sp³-hybridized carbons (Fsp3) is 0.533. The molecule has 0 aromatic heterocycles. The fourth-order valence-corrected chi connectivity index (χ4v) is 3.82. The maximum absolute atomic E-state index is 13.1. The van der Waals surface area contributed by atoms with Crippen LogP contribution in [0.3, 0.4) is 0 Å². The van der Waals surface area contributed by atoms with Crippen molar-refractivity contribution in [3.63, 3.8) is 0 Å². The summed E-state index contributed by atoms with van der Waals surface area (Å²) in [7, 11) is 0. The van der Waals surface area contributed by atoms with Gasteiger partial charge in [0.1, 0.15) is 5.82 Å². The molecule has 0 radical (unpaired) electrons. The monoisotopic (exact) mass is 405 g/mol. The van der Waals surface area contributed by atoms with E-state index in [0.717, 1.165) is 36.9 Å². The van der Waals surface area contributed by atoms with Gasteiger partial charge in [0, 0.05) is 9.80 Å². The molecule has 0 aliphatic heterocycles. The molecule has 2 nitrogen and oxygen atoms in total. The van der Waals surface area contributed by atoms with E-state index in [1.54, 1.807) is 0 Å². The summed E-state index contributed by atoms with van der Waals surface area (Å²) in [5.74, 6) is 0.220. The van der Waals surface area contributed by atoms with Gasteiger partial charge in [0.05, 0.1) is 11.1 Å². The van der Waals surface area contributed by atoms with E-state index in [0.29, 0.717) is 10.0 Å². The Kier molecular flexibility index (Phi) is 5.24. The number of carbonyl (C=O) groups is 1. The Morgan fingerprint density at radius 3 is 2.65 bits per heavy atom. The van der Waals surface area contributed by atoms with Gasteiger partial charge in [0.2, 0.25) is 0 Å². The molecule has 1 aromatic rings. The lowest BCUT2D eigenvalue weighted by molar-refractivity contribution is 0.0873. The second-order valence-corrected chi connectivity index (χ2v) is 7.09. The second kappa shape index (κ2) is 6.56. The largest absolute Gasteiger partial charge is 0.346 e. The maximum Gasteiger partial charge on any atom is 0.252 e. The van der Waals surface area contributed by atoms with Crippen LogP contribution in [0.4, 0.5) is 4.39 Å². The van der Waals surface area contributed by atoms with Crippen molar-refractivity contribution in [2.24, 2.45) is 5.92 Å². The lowest BCUT2D eigenvalue weighted by Gasteiger charge is -2.39. The molecule has 20 heavy (non-hydrogen) atoms. The Morgan fingerprint density at radius 2 is 2.10 bits per heavy atom. The first kappa shape index (κ1) is 16.0. The molecule has 0 saturated heterocycles. The molecule has 0 bridgehead atoms. The Morgan fingerprint density at radius 1 is 1.45 bits per heavy atom. The van der Waals surface area contributed by atoms with Crippen molar-refractivity contribution >= 4 is 37.8 Å². The summed E-state index contributed by atoms with van der Waals surface area (Å²) < 4.78 is 13.6. The molecule has 0 unspecified atom stereocenters. The highest BCUT2D eigenvalue weighted by molar-refractivity contribution is 9.10. The molecular formula is C15H18Br2FNO. The van der Waals surface area contributed by atoms with E-state index < -0.39 is 0 Å². The van der Waals surface area contributed by atoms with Gasteiger partial charge in [-0.1, -0.05) is 22.9 Å². The van der Waals surface area contributed by atoms with Crippen LogP contribution in [0.25, 0.3) is 0 Å². The smallest absolute Gasteiger partial charge is 0.252 e. The van der Waals surface area contributed by atoms with Crippen molar-refractivity contribution < 1.29 is 9.18 Å². The summed E-state index contributed by atoms with van der Waals surface area (Å²) in [6, 6.07) is 4.14. The molecule has 1 aromatic carbocycles. The Balaban J connectivity index is 2.13. The third-order valence-corrected chi connectivity index (χ3v) is 5.77. The number of hydrogen-bond donors (Lipinski definition) is 1. The fourth-order valence-electron chi connectivity index (χ4n) is 2.59. The Hall–Kier alpha value is -0.420.